The number of fused-ring (bicyclic) bond motifs is 1. The summed E-state index contributed by atoms with van der Waals surface area (Å²) in [6.07, 6.45) is 4.73. The van der Waals surface area contributed by atoms with Gasteiger partial charge >= 0.3 is 6.03 Å². The number of hydrogen-bond donors (Lipinski definition) is 2. The molecule has 1 saturated carbocycles. The van der Waals surface area contributed by atoms with Gasteiger partial charge in [-0.2, -0.15) is 0 Å². The lowest BCUT2D eigenvalue weighted by molar-refractivity contribution is 0.221. The lowest BCUT2D eigenvalue weighted by atomic mass is 9.86. The summed E-state index contributed by atoms with van der Waals surface area (Å²) in [5.41, 5.74) is 2.67. The molecule has 5 heteroatoms. The summed E-state index contributed by atoms with van der Waals surface area (Å²) in [6.45, 7) is 4.61. The second kappa shape index (κ2) is 6.38. The molecule has 3 rings (SSSR count). The van der Waals surface area contributed by atoms with E-state index in [0.717, 1.165) is 28.6 Å². The van der Waals surface area contributed by atoms with Crippen LogP contribution in [0.25, 0.3) is 11.0 Å². The maximum Gasteiger partial charge on any atom is 0.315 e. The van der Waals surface area contributed by atoms with Crippen LogP contribution in [-0.4, -0.2) is 17.2 Å². The van der Waals surface area contributed by atoms with Gasteiger partial charge in [0.15, 0.2) is 5.58 Å². The number of nitrogens with one attached hydrogen (secondary N) is 2. The van der Waals surface area contributed by atoms with E-state index >= 15 is 0 Å². The van der Waals surface area contributed by atoms with E-state index in [-0.39, 0.29) is 12.1 Å². The molecule has 1 fully saturated rings. The number of aromatic nitrogens is 1. The van der Waals surface area contributed by atoms with Crippen LogP contribution in [0.1, 0.15) is 43.9 Å². The van der Waals surface area contributed by atoms with Crippen LogP contribution in [0.15, 0.2) is 22.7 Å². The van der Waals surface area contributed by atoms with E-state index in [2.05, 4.69) is 22.7 Å². The fourth-order valence-electron chi connectivity index (χ4n) is 3.14. The Morgan fingerprint density at radius 3 is 3.00 bits per heavy atom. The summed E-state index contributed by atoms with van der Waals surface area (Å²) in [6, 6.07) is 6.09. The van der Waals surface area contributed by atoms with Gasteiger partial charge in [0.05, 0.1) is 6.54 Å². The minimum Gasteiger partial charge on any atom is -0.356 e. The molecule has 1 aromatic carbocycles. The Kier molecular flexibility index (Phi) is 4.32. The van der Waals surface area contributed by atoms with Crippen LogP contribution in [0.2, 0.25) is 0 Å². The van der Waals surface area contributed by atoms with Crippen molar-refractivity contribution < 1.29 is 9.32 Å². The Balaban J connectivity index is 1.59. The summed E-state index contributed by atoms with van der Waals surface area (Å²) in [7, 11) is 0. The number of aryl methyl sites for hydroxylation is 1. The molecule has 2 N–H and O–H groups in total. The molecule has 1 heterocycles. The number of hydrogen-bond acceptors (Lipinski definition) is 3. The number of carbonyl (C=O) groups is 1. The third kappa shape index (κ3) is 3.24. The minimum absolute atomic E-state index is 0.123. The SMILES string of the molecule is Cc1ccc2onc(CNC(=O)N[C@@H]3CCCC[C@@H]3C)c2c1. The highest BCUT2D eigenvalue weighted by Crippen LogP contribution is 2.23. The lowest BCUT2D eigenvalue weighted by Crippen LogP contribution is -2.45. The predicted molar refractivity (Wildman–Crippen MR) is 85.5 cm³/mol. The van der Waals surface area contributed by atoms with Gasteiger partial charge in [-0.05, 0) is 37.8 Å². The van der Waals surface area contributed by atoms with Crippen molar-refractivity contribution in [3.05, 3.63) is 29.5 Å². The fourth-order valence-corrected chi connectivity index (χ4v) is 3.14. The van der Waals surface area contributed by atoms with Gasteiger partial charge in [-0.15, -0.1) is 0 Å². The number of benzene rings is 1. The van der Waals surface area contributed by atoms with Gasteiger partial charge in [0.1, 0.15) is 5.69 Å². The molecule has 0 radical (unpaired) electrons. The van der Waals surface area contributed by atoms with E-state index in [0.29, 0.717) is 12.5 Å². The van der Waals surface area contributed by atoms with Crippen molar-refractivity contribution in [2.45, 2.75) is 52.1 Å². The van der Waals surface area contributed by atoms with E-state index in [9.17, 15) is 4.79 Å². The van der Waals surface area contributed by atoms with Gasteiger partial charge in [0, 0.05) is 11.4 Å². The molecule has 0 saturated heterocycles. The zero-order valence-electron chi connectivity index (χ0n) is 13.2. The van der Waals surface area contributed by atoms with Crippen molar-refractivity contribution in [2.24, 2.45) is 5.92 Å². The van der Waals surface area contributed by atoms with Gasteiger partial charge in [-0.3, -0.25) is 0 Å². The van der Waals surface area contributed by atoms with Gasteiger partial charge < -0.3 is 15.2 Å². The molecule has 2 aromatic rings. The van der Waals surface area contributed by atoms with Crippen LogP contribution >= 0.6 is 0 Å². The number of rotatable bonds is 3. The number of amides is 2. The maximum atomic E-state index is 12.1. The van der Waals surface area contributed by atoms with Crippen LogP contribution < -0.4 is 10.6 Å². The van der Waals surface area contributed by atoms with Gasteiger partial charge in [0.2, 0.25) is 0 Å². The predicted octanol–water partition coefficient (Wildman–Crippen LogP) is 3.51. The molecule has 0 bridgehead atoms. The average molecular weight is 301 g/mol. The van der Waals surface area contributed by atoms with Crippen LogP contribution in [0.3, 0.4) is 0 Å². The molecule has 118 valence electrons. The number of urea groups is 1. The summed E-state index contributed by atoms with van der Waals surface area (Å²) < 4.78 is 5.28. The Labute approximate surface area is 130 Å². The molecule has 5 nitrogen and oxygen atoms in total. The van der Waals surface area contributed by atoms with Gasteiger partial charge in [0.25, 0.3) is 0 Å². The third-order valence-electron chi connectivity index (χ3n) is 4.54. The molecule has 0 aliphatic heterocycles. The quantitative estimate of drug-likeness (QED) is 0.911. The zero-order valence-corrected chi connectivity index (χ0v) is 13.2. The Morgan fingerprint density at radius 2 is 2.18 bits per heavy atom. The monoisotopic (exact) mass is 301 g/mol. The summed E-state index contributed by atoms with van der Waals surface area (Å²) in [5.74, 6) is 0.551. The Hall–Kier alpha value is -2.04. The molecule has 2 atom stereocenters. The van der Waals surface area contributed by atoms with Crippen LogP contribution in [-0.2, 0) is 6.54 Å². The normalized spacial score (nSPS) is 21.7. The van der Waals surface area contributed by atoms with E-state index in [1.54, 1.807) is 0 Å². The first-order valence-electron chi connectivity index (χ1n) is 8.03. The first kappa shape index (κ1) is 14.9. The molecular weight excluding hydrogens is 278 g/mol. The first-order chi connectivity index (χ1) is 10.6. The number of carbonyl (C=O) groups excluding carboxylic acids is 1. The standard InChI is InChI=1S/C17H23N3O2/c1-11-7-8-16-13(9-11)15(20-22-16)10-18-17(21)19-14-6-4-3-5-12(14)2/h7-9,12,14H,3-6,10H2,1-2H3,(H2,18,19,21)/t12-,14+/m0/s1. The summed E-state index contributed by atoms with van der Waals surface area (Å²) >= 11 is 0. The highest BCUT2D eigenvalue weighted by Gasteiger charge is 2.22. The lowest BCUT2D eigenvalue weighted by Gasteiger charge is -2.29. The van der Waals surface area contributed by atoms with Crippen molar-refractivity contribution in [1.82, 2.24) is 15.8 Å². The molecule has 0 spiro atoms. The zero-order chi connectivity index (χ0) is 15.5. The molecule has 22 heavy (non-hydrogen) atoms. The van der Waals surface area contributed by atoms with E-state index in [1.165, 1.54) is 19.3 Å². The van der Waals surface area contributed by atoms with E-state index in [4.69, 9.17) is 4.52 Å². The smallest absolute Gasteiger partial charge is 0.315 e. The molecule has 0 unspecified atom stereocenters. The summed E-state index contributed by atoms with van der Waals surface area (Å²) in [4.78, 5) is 12.1. The van der Waals surface area contributed by atoms with Crippen LogP contribution in [0, 0.1) is 12.8 Å². The van der Waals surface area contributed by atoms with Crippen LogP contribution in [0.4, 0.5) is 4.79 Å². The highest BCUT2D eigenvalue weighted by molar-refractivity contribution is 5.81. The van der Waals surface area contributed by atoms with E-state index < -0.39 is 0 Å². The minimum atomic E-state index is -0.123. The topological polar surface area (TPSA) is 67.2 Å². The Bertz CT molecular complexity index is 665. The number of nitrogens with zero attached hydrogens (tertiary/aromatic N) is 1. The average Bonchev–Trinajstić information content (AvgIpc) is 2.90. The molecular formula is C17H23N3O2. The maximum absolute atomic E-state index is 12.1. The molecule has 1 aliphatic carbocycles. The molecule has 2 amide bonds. The second-order valence-electron chi connectivity index (χ2n) is 6.32. The van der Waals surface area contributed by atoms with Crippen molar-refractivity contribution in [2.75, 3.05) is 0 Å². The Morgan fingerprint density at radius 1 is 1.36 bits per heavy atom. The molecule has 1 aromatic heterocycles. The van der Waals surface area contributed by atoms with Gasteiger partial charge in [-0.1, -0.05) is 36.6 Å². The van der Waals surface area contributed by atoms with Crippen molar-refractivity contribution in [3.63, 3.8) is 0 Å². The largest absolute Gasteiger partial charge is 0.356 e. The van der Waals surface area contributed by atoms with Crippen molar-refractivity contribution >= 4 is 17.0 Å². The highest BCUT2D eigenvalue weighted by atomic mass is 16.5. The fraction of sp³-hybridized carbons (Fsp3) is 0.529. The van der Waals surface area contributed by atoms with Gasteiger partial charge in [-0.25, -0.2) is 4.79 Å². The molecule has 1 aliphatic rings. The second-order valence-corrected chi connectivity index (χ2v) is 6.32. The van der Waals surface area contributed by atoms with E-state index in [1.807, 2.05) is 25.1 Å². The van der Waals surface area contributed by atoms with Crippen molar-refractivity contribution in [3.8, 4) is 0 Å². The van der Waals surface area contributed by atoms with Crippen molar-refractivity contribution in [1.29, 1.82) is 0 Å². The van der Waals surface area contributed by atoms with Crippen LogP contribution in [0.5, 0.6) is 0 Å². The first-order valence-corrected chi connectivity index (χ1v) is 8.03. The third-order valence-corrected chi connectivity index (χ3v) is 4.54. The summed E-state index contributed by atoms with van der Waals surface area (Å²) in [5, 5.41) is 11.0.